The maximum Gasteiger partial charge on any atom is 0.173 e. The Morgan fingerprint density at radius 3 is 2.53 bits per heavy atom. The lowest BCUT2D eigenvalue weighted by molar-refractivity contribution is -0.688. The SMILES string of the molecule is CNCc1ccc[n+](Cc2ccc(C(C)=O)cc2)c1. The number of ketones is 1. The number of rotatable bonds is 5. The number of nitrogens with one attached hydrogen (secondary N) is 1. The lowest BCUT2D eigenvalue weighted by Crippen LogP contribution is -2.34. The fourth-order valence-corrected chi connectivity index (χ4v) is 2.04. The van der Waals surface area contributed by atoms with Crippen LogP contribution in [0.25, 0.3) is 0 Å². The van der Waals surface area contributed by atoms with E-state index in [1.165, 1.54) is 11.1 Å². The van der Waals surface area contributed by atoms with Gasteiger partial charge in [-0.25, -0.2) is 4.57 Å². The van der Waals surface area contributed by atoms with E-state index in [0.717, 1.165) is 18.7 Å². The van der Waals surface area contributed by atoms with Crippen molar-refractivity contribution < 1.29 is 9.36 Å². The predicted octanol–water partition coefficient (Wildman–Crippen LogP) is 1.94. The minimum Gasteiger partial charge on any atom is -0.315 e. The zero-order valence-corrected chi connectivity index (χ0v) is 11.4. The van der Waals surface area contributed by atoms with Crippen molar-refractivity contribution in [3.8, 4) is 0 Å². The fraction of sp³-hybridized carbons (Fsp3) is 0.250. The highest BCUT2D eigenvalue weighted by atomic mass is 16.1. The number of pyridine rings is 1. The lowest BCUT2D eigenvalue weighted by atomic mass is 10.1. The molecular weight excluding hydrogens is 236 g/mol. The molecule has 0 unspecified atom stereocenters. The Kier molecular flexibility index (Phi) is 4.42. The van der Waals surface area contributed by atoms with Gasteiger partial charge < -0.3 is 5.32 Å². The van der Waals surface area contributed by atoms with Crippen LogP contribution in [-0.4, -0.2) is 12.8 Å². The summed E-state index contributed by atoms with van der Waals surface area (Å²) in [4.78, 5) is 11.2. The van der Waals surface area contributed by atoms with Crippen molar-refractivity contribution in [2.75, 3.05) is 7.05 Å². The second-order valence-electron chi connectivity index (χ2n) is 4.67. The molecule has 2 rings (SSSR count). The number of hydrogen-bond acceptors (Lipinski definition) is 2. The van der Waals surface area contributed by atoms with E-state index in [1.54, 1.807) is 6.92 Å². The number of Topliss-reactive ketones (excluding diaryl/α,β-unsaturated/α-hetero) is 1. The van der Waals surface area contributed by atoms with E-state index >= 15 is 0 Å². The van der Waals surface area contributed by atoms with E-state index in [-0.39, 0.29) is 5.78 Å². The van der Waals surface area contributed by atoms with Gasteiger partial charge in [0.1, 0.15) is 0 Å². The van der Waals surface area contributed by atoms with Crippen LogP contribution in [0.2, 0.25) is 0 Å². The van der Waals surface area contributed by atoms with Crippen LogP contribution in [0.1, 0.15) is 28.4 Å². The molecule has 1 aromatic carbocycles. The van der Waals surface area contributed by atoms with Gasteiger partial charge in [0.05, 0.1) is 0 Å². The number of nitrogens with zero attached hydrogens (tertiary/aromatic N) is 1. The van der Waals surface area contributed by atoms with E-state index in [9.17, 15) is 4.79 Å². The first kappa shape index (κ1) is 13.4. The standard InChI is InChI=1S/C16H19N2O/c1-13(19)16-7-5-14(6-8-16)11-18-9-3-4-15(12-18)10-17-2/h3-9,12,17H,10-11H2,1-2H3/q+1. The Hall–Kier alpha value is -2.00. The zero-order valence-electron chi connectivity index (χ0n) is 11.4. The molecule has 0 saturated carbocycles. The average molecular weight is 255 g/mol. The van der Waals surface area contributed by atoms with Gasteiger partial charge in [-0.3, -0.25) is 4.79 Å². The highest BCUT2D eigenvalue weighted by Gasteiger charge is 2.05. The first-order valence-electron chi connectivity index (χ1n) is 6.41. The number of aromatic nitrogens is 1. The Morgan fingerprint density at radius 1 is 1.16 bits per heavy atom. The lowest BCUT2D eigenvalue weighted by Gasteiger charge is -2.02. The van der Waals surface area contributed by atoms with Crippen LogP contribution in [0.15, 0.2) is 48.8 Å². The Balaban J connectivity index is 2.12. The third-order valence-corrected chi connectivity index (χ3v) is 3.03. The molecule has 1 aromatic heterocycles. The van der Waals surface area contributed by atoms with Crippen LogP contribution in [-0.2, 0) is 13.1 Å². The molecular formula is C16H19N2O+. The monoisotopic (exact) mass is 255 g/mol. The van der Waals surface area contributed by atoms with E-state index in [2.05, 4.69) is 34.4 Å². The highest BCUT2D eigenvalue weighted by Crippen LogP contribution is 2.05. The number of benzene rings is 1. The smallest absolute Gasteiger partial charge is 0.173 e. The summed E-state index contributed by atoms with van der Waals surface area (Å²) < 4.78 is 2.15. The molecule has 3 heteroatoms. The summed E-state index contributed by atoms with van der Waals surface area (Å²) >= 11 is 0. The third kappa shape index (κ3) is 3.73. The van der Waals surface area contributed by atoms with Gasteiger partial charge >= 0.3 is 0 Å². The summed E-state index contributed by atoms with van der Waals surface area (Å²) in [6.07, 6.45) is 4.19. The van der Waals surface area contributed by atoms with E-state index in [1.807, 2.05) is 31.3 Å². The van der Waals surface area contributed by atoms with Crippen molar-refractivity contribution in [1.82, 2.24) is 5.32 Å². The predicted molar refractivity (Wildman–Crippen MR) is 74.9 cm³/mol. The van der Waals surface area contributed by atoms with Crippen molar-refractivity contribution in [3.05, 3.63) is 65.5 Å². The molecule has 19 heavy (non-hydrogen) atoms. The molecule has 0 atom stereocenters. The van der Waals surface area contributed by atoms with Crippen molar-refractivity contribution in [3.63, 3.8) is 0 Å². The molecule has 1 N–H and O–H groups in total. The van der Waals surface area contributed by atoms with Crippen molar-refractivity contribution in [2.24, 2.45) is 0 Å². The average Bonchev–Trinajstić information content (AvgIpc) is 2.40. The number of carbonyl (C=O) groups is 1. The summed E-state index contributed by atoms with van der Waals surface area (Å²) in [6, 6.07) is 11.9. The molecule has 0 spiro atoms. The second kappa shape index (κ2) is 6.25. The van der Waals surface area contributed by atoms with Crippen LogP contribution in [0.3, 0.4) is 0 Å². The highest BCUT2D eigenvalue weighted by molar-refractivity contribution is 5.93. The second-order valence-corrected chi connectivity index (χ2v) is 4.67. The summed E-state index contributed by atoms with van der Waals surface area (Å²) in [5.74, 6) is 0.107. The number of carbonyl (C=O) groups excluding carboxylic acids is 1. The first-order valence-corrected chi connectivity index (χ1v) is 6.41. The van der Waals surface area contributed by atoms with Crippen molar-refractivity contribution in [1.29, 1.82) is 0 Å². The summed E-state index contributed by atoms with van der Waals surface area (Å²) in [5.41, 5.74) is 3.21. The van der Waals surface area contributed by atoms with Gasteiger partial charge in [0.25, 0.3) is 0 Å². The normalized spacial score (nSPS) is 10.4. The van der Waals surface area contributed by atoms with Gasteiger partial charge in [-0.2, -0.15) is 0 Å². The minimum atomic E-state index is 0.107. The Bertz CT molecular complexity index is 561. The van der Waals surface area contributed by atoms with Crippen molar-refractivity contribution >= 4 is 5.78 Å². The van der Waals surface area contributed by atoms with E-state index in [4.69, 9.17) is 0 Å². The molecule has 2 aromatic rings. The van der Waals surface area contributed by atoms with Crippen LogP contribution >= 0.6 is 0 Å². The van der Waals surface area contributed by atoms with Gasteiger partial charge in [-0.15, -0.1) is 0 Å². The topological polar surface area (TPSA) is 33.0 Å². The fourth-order valence-electron chi connectivity index (χ4n) is 2.04. The molecule has 0 amide bonds. The maximum atomic E-state index is 11.2. The quantitative estimate of drug-likeness (QED) is 0.654. The van der Waals surface area contributed by atoms with E-state index < -0.39 is 0 Å². The molecule has 0 fully saturated rings. The molecule has 3 nitrogen and oxygen atoms in total. The van der Waals surface area contributed by atoms with Gasteiger partial charge in [0.15, 0.2) is 24.7 Å². The van der Waals surface area contributed by atoms with Gasteiger partial charge in [0, 0.05) is 29.3 Å². The van der Waals surface area contributed by atoms with E-state index in [0.29, 0.717) is 0 Å². The Morgan fingerprint density at radius 2 is 1.89 bits per heavy atom. The number of hydrogen-bond donors (Lipinski definition) is 1. The van der Waals surface area contributed by atoms with Crippen LogP contribution in [0, 0.1) is 0 Å². The summed E-state index contributed by atoms with van der Waals surface area (Å²) in [5, 5.41) is 3.14. The Labute approximate surface area is 113 Å². The van der Waals surface area contributed by atoms with Gasteiger partial charge in [-0.05, 0) is 20.0 Å². The molecule has 0 aliphatic heterocycles. The van der Waals surface area contributed by atoms with Gasteiger partial charge in [0.2, 0.25) is 0 Å². The van der Waals surface area contributed by atoms with Crippen LogP contribution in [0.4, 0.5) is 0 Å². The third-order valence-electron chi connectivity index (χ3n) is 3.03. The van der Waals surface area contributed by atoms with Gasteiger partial charge in [-0.1, -0.05) is 24.3 Å². The molecule has 0 radical (unpaired) electrons. The molecule has 0 aliphatic rings. The molecule has 0 bridgehead atoms. The molecule has 0 aliphatic carbocycles. The summed E-state index contributed by atoms with van der Waals surface area (Å²) in [7, 11) is 1.94. The van der Waals surface area contributed by atoms with Crippen LogP contribution < -0.4 is 9.88 Å². The molecule has 98 valence electrons. The maximum absolute atomic E-state index is 11.2. The zero-order chi connectivity index (χ0) is 13.7. The molecule has 1 heterocycles. The summed E-state index contributed by atoms with van der Waals surface area (Å²) in [6.45, 7) is 3.27. The van der Waals surface area contributed by atoms with Crippen LogP contribution in [0.5, 0.6) is 0 Å². The molecule has 0 saturated heterocycles. The first-order chi connectivity index (χ1) is 9.19. The van der Waals surface area contributed by atoms with Crippen molar-refractivity contribution in [2.45, 2.75) is 20.0 Å². The minimum absolute atomic E-state index is 0.107. The largest absolute Gasteiger partial charge is 0.315 e.